The number of alkyl halides is 3. The van der Waals surface area contributed by atoms with E-state index < -0.39 is 11.9 Å². The van der Waals surface area contributed by atoms with Crippen LogP contribution in [-0.2, 0) is 10.9 Å². The standard InChI is InChI=1S/C13H19F3N2O2/c1-2-3-6-19-7-4-5-8-20-12-9-11(13(14,15)16)17-10-18-12/h9-10H,2-8H2,1H3. The molecule has 0 aliphatic heterocycles. The number of rotatable bonds is 9. The minimum Gasteiger partial charge on any atom is -0.478 e. The van der Waals surface area contributed by atoms with Crippen molar-refractivity contribution >= 4 is 0 Å². The minimum absolute atomic E-state index is 0.0563. The Morgan fingerprint density at radius 2 is 1.75 bits per heavy atom. The van der Waals surface area contributed by atoms with Crippen molar-refractivity contribution in [2.24, 2.45) is 0 Å². The van der Waals surface area contributed by atoms with Crippen LogP contribution in [0.1, 0.15) is 38.3 Å². The van der Waals surface area contributed by atoms with Crippen molar-refractivity contribution in [1.29, 1.82) is 0 Å². The van der Waals surface area contributed by atoms with E-state index in [2.05, 4.69) is 16.9 Å². The largest absolute Gasteiger partial charge is 0.478 e. The molecule has 0 aliphatic rings. The van der Waals surface area contributed by atoms with Gasteiger partial charge in [-0.15, -0.1) is 0 Å². The molecule has 1 rings (SSSR count). The van der Waals surface area contributed by atoms with Crippen LogP contribution in [0.2, 0.25) is 0 Å². The van der Waals surface area contributed by atoms with E-state index in [0.717, 1.165) is 38.3 Å². The number of halogens is 3. The lowest BCUT2D eigenvalue weighted by Gasteiger charge is -2.08. The summed E-state index contributed by atoms with van der Waals surface area (Å²) in [7, 11) is 0. The first kappa shape index (κ1) is 16.7. The van der Waals surface area contributed by atoms with Crippen LogP contribution in [-0.4, -0.2) is 29.8 Å². The highest BCUT2D eigenvalue weighted by Crippen LogP contribution is 2.28. The monoisotopic (exact) mass is 292 g/mol. The van der Waals surface area contributed by atoms with E-state index >= 15 is 0 Å². The second kappa shape index (κ2) is 8.73. The molecule has 0 radical (unpaired) electrons. The number of ether oxygens (including phenoxy) is 2. The fourth-order valence-corrected chi connectivity index (χ4v) is 1.40. The van der Waals surface area contributed by atoms with E-state index in [0.29, 0.717) is 19.6 Å². The van der Waals surface area contributed by atoms with E-state index in [1.165, 1.54) is 0 Å². The molecule has 1 aromatic heterocycles. The summed E-state index contributed by atoms with van der Waals surface area (Å²) < 4.78 is 47.7. The van der Waals surface area contributed by atoms with Crippen LogP contribution in [0, 0.1) is 0 Å². The lowest BCUT2D eigenvalue weighted by Crippen LogP contribution is -2.09. The van der Waals surface area contributed by atoms with Gasteiger partial charge < -0.3 is 9.47 Å². The zero-order valence-corrected chi connectivity index (χ0v) is 11.4. The first-order chi connectivity index (χ1) is 9.54. The van der Waals surface area contributed by atoms with Crippen molar-refractivity contribution in [2.45, 2.75) is 38.8 Å². The Bertz CT molecular complexity index is 386. The lowest BCUT2D eigenvalue weighted by atomic mass is 10.3. The maximum Gasteiger partial charge on any atom is 0.433 e. The molecule has 0 bridgehead atoms. The number of hydrogen-bond acceptors (Lipinski definition) is 4. The zero-order chi connectivity index (χ0) is 14.8. The first-order valence-electron chi connectivity index (χ1n) is 6.64. The Morgan fingerprint density at radius 1 is 1.05 bits per heavy atom. The van der Waals surface area contributed by atoms with Gasteiger partial charge in [0.05, 0.1) is 6.61 Å². The lowest BCUT2D eigenvalue weighted by molar-refractivity contribution is -0.141. The molecule has 0 aliphatic carbocycles. The highest BCUT2D eigenvalue weighted by Gasteiger charge is 2.33. The third-order valence-corrected chi connectivity index (χ3v) is 2.51. The Hall–Kier alpha value is -1.37. The van der Waals surface area contributed by atoms with Crippen LogP contribution >= 0.6 is 0 Å². The molecule has 0 saturated heterocycles. The van der Waals surface area contributed by atoms with E-state index in [9.17, 15) is 13.2 Å². The smallest absolute Gasteiger partial charge is 0.433 e. The average Bonchev–Trinajstić information content (AvgIpc) is 2.41. The zero-order valence-electron chi connectivity index (χ0n) is 11.4. The number of nitrogens with zero attached hydrogens (tertiary/aromatic N) is 2. The topological polar surface area (TPSA) is 44.2 Å². The molecule has 0 spiro atoms. The second-order valence-electron chi connectivity index (χ2n) is 4.26. The van der Waals surface area contributed by atoms with Crippen molar-refractivity contribution in [2.75, 3.05) is 19.8 Å². The summed E-state index contributed by atoms with van der Waals surface area (Å²) in [6.45, 7) is 3.79. The van der Waals surface area contributed by atoms with Crippen molar-refractivity contribution < 1.29 is 22.6 Å². The van der Waals surface area contributed by atoms with Gasteiger partial charge in [-0.25, -0.2) is 9.97 Å². The van der Waals surface area contributed by atoms with Gasteiger partial charge in [-0.05, 0) is 19.3 Å². The highest BCUT2D eigenvalue weighted by molar-refractivity contribution is 5.15. The van der Waals surface area contributed by atoms with Crippen molar-refractivity contribution in [3.63, 3.8) is 0 Å². The maximum absolute atomic E-state index is 12.4. The van der Waals surface area contributed by atoms with Gasteiger partial charge in [-0.1, -0.05) is 13.3 Å². The molecular weight excluding hydrogens is 273 g/mol. The van der Waals surface area contributed by atoms with Crippen LogP contribution in [0.25, 0.3) is 0 Å². The average molecular weight is 292 g/mol. The molecule has 0 saturated carbocycles. The predicted molar refractivity (Wildman–Crippen MR) is 67.5 cm³/mol. The SMILES string of the molecule is CCCCOCCCCOc1cc(C(F)(F)F)ncn1. The molecule has 0 aromatic carbocycles. The van der Waals surface area contributed by atoms with E-state index in [1.54, 1.807) is 0 Å². The molecule has 0 amide bonds. The number of aromatic nitrogens is 2. The van der Waals surface area contributed by atoms with Gasteiger partial charge in [0.15, 0.2) is 5.69 Å². The summed E-state index contributed by atoms with van der Waals surface area (Å²) in [5.41, 5.74) is -0.995. The fraction of sp³-hybridized carbons (Fsp3) is 0.692. The molecule has 0 atom stereocenters. The molecule has 0 unspecified atom stereocenters. The molecule has 0 N–H and O–H groups in total. The van der Waals surface area contributed by atoms with Gasteiger partial charge in [0, 0.05) is 19.3 Å². The quantitative estimate of drug-likeness (QED) is 0.654. The first-order valence-corrected chi connectivity index (χ1v) is 6.64. The second-order valence-corrected chi connectivity index (χ2v) is 4.26. The molecule has 1 heterocycles. The van der Waals surface area contributed by atoms with Gasteiger partial charge in [0.2, 0.25) is 5.88 Å². The third kappa shape index (κ3) is 6.70. The van der Waals surface area contributed by atoms with E-state index in [-0.39, 0.29) is 5.88 Å². The summed E-state index contributed by atoms with van der Waals surface area (Å²) in [6, 6.07) is 0.803. The highest BCUT2D eigenvalue weighted by atomic mass is 19.4. The fourth-order valence-electron chi connectivity index (χ4n) is 1.40. The summed E-state index contributed by atoms with van der Waals surface area (Å²) in [5.74, 6) is -0.0563. The predicted octanol–water partition coefficient (Wildman–Crippen LogP) is 3.47. The Morgan fingerprint density at radius 3 is 2.45 bits per heavy atom. The summed E-state index contributed by atoms with van der Waals surface area (Å²) >= 11 is 0. The van der Waals surface area contributed by atoms with Gasteiger partial charge in [0.1, 0.15) is 6.33 Å². The molecule has 4 nitrogen and oxygen atoms in total. The molecule has 0 fully saturated rings. The molecule has 7 heteroatoms. The Balaban J connectivity index is 2.19. The van der Waals surface area contributed by atoms with Crippen molar-refractivity contribution in [1.82, 2.24) is 9.97 Å². The molecular formula is C13H19F3N2O2. The third-order valence-electron chi connectivity index (χ3n) is 2.51. The van der Waals surface area contributed by atoms with Crippen molar-refractivity contribution in [3.8, 4) is 5.88 Å². The van der Waals surface area contributed by atoms with E-state index in [1.807, 2.05) is 0 Å². The van der Waals surface area contributed by atoms with Crippen LogP contribution in [0.15, 0.2) is 12.4 Å². The maximum atomic E-state index is 12.4. The number of unbranched alkanes of at least 4 members (excludes halogenated alkanes) is 2. The molecule has 1 aromatic rings. The molecule has 20 heavy (non-hydrogen) atoms. The summed E-state index contributed by atoms with van der Waals surface area (Å²) in [4.78, 5) is 6.81. The minimum atomic E-state index is -4.48. The van der Waals surface area contributed by atoms with Crippen LogP contribution in [0.3, 0.4) is 0 Å². The van der Waals surface area contributed by atoms with Gasteiger partial charge >= 0.3 is 6.18 Å². The molecule has 114 valence electrons. The van der Waals surface area contributed by atoms with Crippen LogP contribution < -0.4 is 4.74 Å². The summed E-state index contributed by atoms with van der Waals surface area (Å²) in [6.07, 6.45) is 0.0224. The summed E-state index contributed by atoms with van der Waals surface area (Å²) in [5, 5.41) is 0. The Kier molecular flexibility index (Phi) is 7.28. The van der Waals surface area contributed by atoms with Gasteiger partial charge in [-0.3, -0.25) is 0 Å². The Labute approximate surface area is 116 Å². The normalized spacial score (nSPS) is 11.6. The number of hydrogen-bond donors (Lipinski definition) is 0. The van der Waals surface area contributed by atoms with Gasteiger partial charge in [0.25, 0.3) is 0 Å². The van der Waals surface area contributed by atoms with E-state index in [4.69, 9.17) is 9.47 Å². The van der Waals surface area contributed by atoms with Crippen LogP contribution in [0.5, 0.6) is 5.88 Å². The van der Waals surface area contributed by atoms with Crippen LogP contribution in [0.4, 0.5) is 13.2 Å². The van der Waals surface area contributed by atoms with Crippen molar-refractivity contribution in [3.05, 3.63) is 18.1 Å². The van der Waals surface area contributed by atoms with Gasteiger partial charge in [-0.2, -0.15) is 13.2 Å².